The fourth-order valence-electron chi connectivity index (χ4n) is 1.74. The van der Waals surface area contributed by atoms with Crippen LogP contribution in [0.4, 0.5) is 5.69 Å². The number of carbonyl (C=O) groups is 2. The number of nitrogens with one attached hydrogen (secondary N) is 1. The van der Waals surface area contributed by atoms with Crippen LogP contribution in [0.25, 0.3) is 0 Å². The predicted octanol–water partition coefficient (Wildman–Crippen LogP) is 3.31. The third-order valence-corrected chi connectivity index (χ3v) is 2.93. The molecule has 3 nitrogen and oxygen atoms in total. The highest BCUT2D eigenvalue weighted by Crippen LogP contribution is 2.11. The summed E-state index contributed by atoms with van der Waals surface area (Å²) in [6, 6.07) is 14.3. The molecule has 3 heteroatoms. The van der Waals surface area contributed by atoms with E-state index in [-0.39, 0.29) is 5.91 Å². The molecule has 96 valence electrons. The number of carbonyl (C=O) groups excluding carboxylic acids is 2. The Labute approximate surface area is 112 Å². The summed E-state index contributed by atoms with van der Waals surface area (Å²) >= 11 is 0. The third kappa shape index (κ3) is 3.28. The van der Waals surface area contributed by atoms with Gasteiger partial charge in [-0.15, -0.1) is 0 Å². The molecule has 2 rings (SSSR count). The Morgan fingerprint density at radius 1 is 1.05 bits per heavy atom. The van der Waals surface area contributed by atoms with E-state index in [9.17, 15) is 9.59 Å². The number of anilines is 1. The van der Waals surface area contributed by atoms with Crippen LogP contribution < -0.4 is 5.32 Å². The maximum absolute atomic E-state index is 12.0. The molecule has 0 radical (unpaired) electrons. The number of amides is 1. The zero-order valence-electron chi connectivity index (χ0n) is 10.7. The van der Waals surface area contributed by atoms with E-state index in [0.717, 1.165) is 12.7 Å². The highest BCUT2D eigenvalue weighted by atomic mass is 16.1. The first-order valence-corrected chi connectivity index (χ1v) is 6.18. The summed E-state index contributed by atoms with van der Waals surface area (Å²) in [7, 11) is 0. The molecule has 19 heavy (non-hydrogen) atoms. The summed E-state index contributed by atoms with van der Waals surface area (Å²) in [6.45, 7) is 2.07. The Kier molecular flexibility index (Phi) is 4.08. The molecule has 0 atom stereocenters. The second-order valence-corrected chi connectivity index (χ2v) is 4.24. The number of benzene rings is 2. The summed E-state index contributed by atoms with van der Waals surface area (Å²) in [5.74, 6) is -0.151. The van der Waals surface area contributed by atoms with Gasteiger partial charge in [0.2, 0.25) is 0 Å². The first-order valence-electron chi connectivity index (χ1n) is 6.18. The maximum atomic E-state index is 12.0. The summed E-state index contributed by atoms with van der Waals surface area (Å²) in [4.78, 5) is 22.5. The lowest BCUT2D eigenvalue weighted by Crippen LogP contribution is -2.11. The average Bonchev–Trinajstić information content (AvgIpc) is 2.48. The highest BCUT2D eigenvalue weighted by Gasteiger charge is 2.05. The Bertz CT molecular complexity index is 571. The first-order chi connectivity index (χ1) is 9.22. The molecular formula is C16H15NO2. The fourth-order valence-corrected chi connectivity index (χ4v) is 1.74. The van der Waals surface area contributed by atoms with E-state index in [0.29, 0.717) is 16.8 Å². The van der Waals surface area contributed by atoms with Gasteiger partial charge >= 0.3 is 0 Å². The van der Waals surface area contributed by atoms with E-state index >= 15 is 0 Å². The highest BCUT2D eigenvalue weighted by molar-refractivity contribution is 6.04. The third-order valence-electron chi connectivity index (χ3n) is 2.93. The standard InChI is InChI=1S/C16H15NO2/c1-2-12-3-7-14(8-4-12)16(19)17-15-9-5-13(11-18)6-10-15/h3-11H,2H2,1H3,(H,17,19). The Hall–Kier alpha value is -2.42. The minimum absolute atomic E-state index is 0.151. The van der Waals surface area contributed by atoms with Crippen molar-refractivity contribution >= 4 is 17.9 Å². The SMILES string of the molecule is CCc1ccc(C(=O)Nc2ccc(C=O)cc2)cc1. The lowest BCUT2D eigenvalue weighted by molar-refractivity contribution is 0.102. The second-order valence-electron chi connectivity index (χ2n) is 4.24. The molecule has 0 aliphatic heterocycles. The molecule has 0 saturated heterocycles. The van der Waals surface area contributed by atoms with Crippen LogP contribution in [0.2, 0.25) is 0 Å². The molecule has 1 N–H and O–H groups in total. The van der Waals surface area contributed by atoms with Gasteiger partial charge in [-0.3, -0.25) is 9.59 Å². The van der Waals surface area contributed by atoms with E-state index in [4.69, 9.17) is 0 Å². The molecule has 0 fully saturated rings. The van der Waals surface area contributed by atoms with E-state index in [2.05, 4.69) is 12.2 Å². The zero-order chi connectivity index (χ0) is 13.7. The van der Waals surface area contributed by atoms with Crippen LogP contribution in [0.15, 0.2) is 48.5 Å². The van der Waals surface area contributed by atoms with E-state index in [1.165, 1.54) is 5.56 Å². The summed E-state index contributed by atoms with van der Waals surface area (Å²) in [5.41, 5.74) is 3.09. The fraction of sp³-hybridized carbons (Fsp3) is 0.125. The number of aryl methyl sites for hydroxylation is 1. The topological polar surface area (TPSA) is 46.2 Å². The Morgan fingerprint density at radius 3 is 2.21 bits per heavy atom. The zero-order valence-corrected chi connectivity index (χ0v) is 10.7. The minimum atomic E-state index is -0.151. The maximum Gasteiger partial charge on any atom is 0.255 e. The van der Waals surface area contributed by atoms with Crippen LogP contribution in [-0.2, 0) is 6.42 Å². The number of hydrogen-bond donors (Lipinski definition) is 1. The van der Waals surface area contributed by atoms with Gasteiger partial charge in [0.1, 0.15) is 6.29 Å². The van der Waals surface area contributed by atoms with Gasteiger partial charge in [0.25, 0.3) is 5.91 Å². The molecule has 0 heterocycles. The van der Waals surface area contributed by atoms with Crippen molar-refractivity contribution in [3.63, 3.8) is 0 Å². The molecule has 0 bridgehead atoms. The van der Waals surface area contributed by atoms with Gasteiger partial charge in [0.15, 0.2) is 0 Å². The largest absolute Gasteiger partial charge is 0.322 e. The van der Waals surface area contributed by atoms with Crippen molar-refractivity contribution in [3.8, 4) is 0 Å². The van der Waals surface area contributed by atoms with Gasteiger partial charge in [-0.05, 0) is 48.4 Å². The van der Waals surface area contributed by atoms with Crippen LogP contribution >= 0.6 is 0 Å². The summed E-state index contributed by atoms with van der Waals surface area (Å²) < 4.78 is 0. The monoisotopic (exact) mass is 253 g/mol. The minimum Gasteiger partial charge on any atom is -0.322 e. The number of hydrogen-bond acceptors (Lipinski definition) is 2. The molecule has 0 spiro atoms. The second kappa shape index (κ2) is 5.96. The molecular weight excluding hydrogens is 238 g/mol. The lowest BCUT2D eigenvalue weighted by atomic mass is 10.1. The first kappa shape index (κ1) is 13.0. The van der Waals surface area contributed by atoms with Crippen LogP contribution in [-0.4, -0.2) is 12.2 Å². The van der Waals surface area contributed by atoms with Crippen molar-refractivity contribution in [2.24, 2.45) is 0 Å². The van der Waals surface area contributed by atoms with E-state index < -0.39 is 0 Å². The van der Waals surface area contributed by atoms with Gasteiger partial charge in [-0.2, -0.15) is 0 Å². The van der Waals surface area contributed by atoms with Gasteiger partial charge in [0, 0.05) is 16.8 Å². The molecule has 2 aromatic rings. The van der Waals surface area contributed by atoms with Crippen LogP contribution in [0.5, 0.6) is 0 Å². The normalized spacial score (nSPS) is 9.95. The molecule has 2 aromatic carbocycles. The van der Waals surface area contributed by atoms with Gasteiger partial charge in [-0.1, -0.05) is 19.1 Å². The number of rotatable bonds is 4. The Balaban J connectivity index is 2.08. The average molecular weight is 253 g/mol. The van der Waals surface area contributed by atoms with E-state index in [1.54, 1.807) is 24.3 Å². The van der Waals surface area contributed by atoms with Crippen molar-refractivity contribution in [1.29, 1.82) is 0 Å². The Morgan fingerprint density at radius 2 is 1.68 bits per heavy atom. The predicted molar refractivity (Wildman–Crippen MR) is 75.6 cm³/mol. The molecule has 0 saturated carbocycles. The van der Waals surface area contributed by atoms with Crippen LogP contribution in [0.1, 0.15) is 33.2 Å². The smallest absolute Gasteiger partial charge is 0.255 e. The van der Waals surface area contributed by atoms with Crippen molar-refractivity contribution in [3.05, 3.63) is 65.2 Å². The van der Waals surface area contributed by atoms with Crippen molar-refractivity contribution in [2.75, 3.05) is 5.32 Å². The number of aldehydes is 1. The molecule has 0 aromatic heterocycles. The molecule has 1 amide bonds. The molecule has 0 unspecified atom stereocenters. The lowest BCUT2D eigenvalue weighted by Gasteiger charge is -2.06. The van der Waals surface area contributed by atoms with Crippen LogP contribution in [0, 0.1) is 0 Å². The van der Waals surface area contributed by atoms with Crippen molar-refractivity contribution in [2.45, 2.75) is 13.3 Å². The summed E-state index contributed by atoms with van der Waals surface area (Å²) in [6.07, 6.45) is 1.73. The van der Waals surface area contributed by atoms with Gasteiger partial charge < -0.3 is 5.32 Å². The molecule has 0 aliphatic rings. The van der Waals surface area contributed by atoms with Gasteiger partial charge in [-0.25, -0.2) is 0 Å². The molecule has 0 aliphatic carbocycles. The van der Waals surface area contributed by atoms with Crippen molar-refractivity contribution < 1.29 is 9.59 Å². The summed E-state index contributed by atoms with van der Waals surface area (Å²) in [5, 5.41) is 2.79. The van der Waals surface area contributed by atoms with E-state index in [1.807, 2.05) is 24.3 Å². The van der Waals surface area contributed by atoms with Crippen molar-refractivity contribution in [1.82, 2.24) is 0 Å². The van der Waals surface area contributed by atoms with Gasteiger partial charge in [0.05, 0.1) is 0 Å². The quantitative estimate of drug-likeness (QED) is 0.850. The van der Waals surface area contributed by atoms with Crippen LogP contribution in [0.3, 0.4) is 0 Å².